The number of nitrogens with zero attached hydrogens (tertiary/aromatic N) is 5. The molecule has 2 aromatic carbocycles. The predicted molar refractivity (Wildman–Crippen MR) is 136 cm³/mol. The van der Waals surface area contributed by atoms with Gasteiger partial charge in [0.25, 0.3) is 5.89 Å². The third kappa shape index (κ3) is 4.39. The number of aliphatic hydroxyl groups is 1. The highest BCUT2D eigenvalue weighted by Crippen LogP contribution is 2.30. The minimum Gasteiger partial charge on any atom is -0.403 e. The highest BCUT2D eigenvalue weighted by Gasteiger charge is 2.28. The average Bonchev–Trinajstić information content (AvgIpc) is 3.35. The fraction of sp³-hybridized carbons (Fsp3) is 0.231. The van der Waals surface area contributed by atoms with Gasteiger partial charge in [0.1, 0.15) is 5.82 Å². The van der Waals surface area contributed by atoms with Gasteiger partial charge in [-0.3, -0.25) is 4.99 Å². The number of aliphatic imine (C=N–C) groups is 1. The van der Waals surface area contributed by atoms with Gasteiger partial charge in [-0.15, -0.1) is 5.10 Å². The van der Waals surface area contributed by atoms with Crippen molar-refractivity contribution < 1.29 is 14.3 Å². The van der Waals surface area contributed by atoms with E-state index in [2.05, 4.69) is 30.7 Å². The van der Waals surface area contributed by atoms with Gasteiger partial charge in [-0.1, -0.05) is 53.6 Å². The summed E-state index contributed by atoms with van der Waals surface area (Å²) in [5.74, 6) is 1.10. The molecule has 0 bridgehead atoms. The van der Waals surface area contributed by atoms with Gasteiger partial charge >= 0.3 is 6.01 Å². The topological polar surface area (TPSA) is 121 Å². The average molecular weight is 484 g/mol. The number of ether oxygens (including phenoxy) is 1. The van der Waals surface area contributed by atoms with Crippen LogP contribution >= 0.6 is 0 Å². The molecule has 0 saturated carbocycles. The van der Waals surface area contributed by atoms with Crippen LogP contribution in [0.25, 0.3) is 11.5 Å². The van der Waals surface area contributed by atoms with Crippen molar-refractivity contribution in [2.75, 3.05) is 41.8 Å². The van der Waals surface area contributed by atoms with Crippen molar-refractivity contribution >= 4 is 23.2 Å². The van der Waals surface area contributed by atoms with Crippen LogP contribution in [-0.2, 0) is 4.74 Å². The van der Waals surface area contributed by atoms with E-state index in [4.69, 9.17) is 14.1 Å². The molecule has 4 aromatic rings. The molecule has 10 heteroatoms. The molecule has 0 aliphatic carbocycles. The Labute approximate surface area is 207 Å². The van der Waals surface area contributed by atoms with E-state index in [0.29, 0.717) is 19.1 Å². The summed E-state index contributed by atoms with van der Waals surface area (Å²) in [6.07, 6.45) is -0.0759. The second-order valence-corrected chi connectivity index (χ2v) is 8.45. The molecule has 0 spiro atoms. The first-order valence-electron chi connectivity index (χ1n) is 11.8. The molecule has 2 unspecified atom stereocenters. The van der Waals surface area contributed by atoms with Crippen LogP contribution in [0.1, 0.15) is 11.1 Å². The number of benzodiazepines with no additional fused rings is 1. The quantitative estimate of drug-likeness (QED) is 0.393. The van der Waals surface area contributed by atoms with Crippen molar-refractivity contribution in [3.8, 4) is 11.5 Å². The van der Waals surface area contributed by atoms with E-state index >= 15 is 0 Å². The molecule has 6 rings (SSSR count). The van der Waals surface area contributed by atoms with Crippen LogP contribution < -0.4 is 15.5 Å². The molecule has 1 saturated heterocycles. The van der Waals surface area contributed by atoms with Gasteiger partial charge in [0, 0.05) is 36.1 Å². The fourth-order valence-electron chi connectivity index (χ4n) is 4.38. The number of rotatable bonds is 5. The molecule has 182 valence electrons. The third-order valence-corrected chi connectivity index (χ3v) is 6.12. The monoisotopic (exact) mass is 483 g/mol. The maximum Gasteiger partial charge on any atom is 0.317 e. The fourth-order valence-corrected chi connectivity index (χ4v) is 4.38. The van der Waals surface area contributed by atoms with E-state index in [9.17, 15) is 5.11 Å². The predicted octanol–water partition coefficient (Wildman–Crippen LogP) is 2.99. The number of fused-ring (bicyclic) bond motifs is 1. The number of nitrogens with one attached hydrogen (secondary N) is 2. The Bertz CT molecular complexity index is 1370. The van der Waals surface area contributed by atoms with E-state index in [1.54, 1.807) is 6.20 Å². The number of aromatic nitrogens is 3. The summed E-state index contributed by atoms with van der Waals surface area (Å²) in [5, 5.41) is 25.6. The third-order valence-electron chi connectivity index (χ3n) is 6.12. The van der Waals surface area contributed by atoms with Gasteiger partial charge in [-0.05, 0) is 18.2 Å². The van der Waals surface area contributed by atoms with Crippen molar-refractivity contribution in [2.45, 2.75) is 12.4 Å². The highest BCUT2D eigenvalue weighted by molar-refractivity contribution is 6.16. The van der Waals surface area contributed by atoms with Crippen molar-refractivity contribution in [2.24, 2.45) is 4.99 Å². The normalized spacial score (nSPS) is 19.6. The standard InChI is InChI=1S/C26H25N7O3/c34-24-22(29-21(17-7-2-1-3-8-17)18-9-4-5-11-20(18)28-24)30-26-32-31-25(36-26)19-10-6-12-27-23(19)33-13-15-35-16-14-33/h1-12,22,24,28,34H,13-16H2,(H,30,32). The number of aliphatic hydroxyl groups excluding tert-OH is 1. The zero-order valence-corrected chi connectivity index (χ0v) is 19.4. The molecule has 2 aromatic heterocycles. The lowest BCUT2D eigenvalue weighted by atomic mass is 10.0. The maximum atomic E-state index is 11.0. The van der Waals surface area contributed by atoms with Crippen LogP contribution in [0.4, 0.5) is 17.5 Å². The van der Waals surface area contributed by atoms with E-state index in [1.165, 1.54) is 0 Å². The van der Waals surface area contributed by atoms with Crippen molar-refractivity contribution in [3.63, 3.8) is 0 Å². The van der Waals surface area contributed by atoms with Crippen LogP contribution in [0.2, 0.25) is 0 Å². The number of anilines is 3. The molecular weight excluding hydrogens is 458 g/mol. The van der Waals surface area contributed by atoms with Gasteiger partial charge < -0.3 is 29.8 Å². The van der Waals surface area contributed by atoms with Crippen LogP contribution in [-0.4, -0.2) is 64.7 Å². The lowest BCUT2D eigenvalue weighted by Gasteiger charge is -2.28. The van der Waals surface area contributed by atoms with Crippen LogP contribution in [0.3, 0.4) is 0 Å². The summed E-state index contributed by atoms with van der Waals surface area (Å²) in [6.45, 7) is 2.76. The van der Waals surface area contributed by atoms with Crippen molar-refractivity contribution in [1.29, 1.82) is 0 Å². The Morgan fingerprint density at radius 1 is 0.917 bits per heavy atom. The molecular formula is C26H25N7O3. The summed E-state index contributed by atoms with van der Waals surface area (Å²) in [6, 6.07) is 21.5. The van der Waals surface area contributed by atoms with Gasteiger partial charge in [0.05, 0.1) is 24.5 Å². The zero-order valence-electron chi connectivity index (χ0n) is 19.4. The van der Waals surface area contributed by atoms with Crippen LogP contribution in [0, 0.1) is 0 Å². The molecule has 2 aliphatic heterocycles. The molecule has 36 heavy (non-hydrogen) atoms. The van der Waals surface area contributed by atoms with Gasteiger partial charge in [-0.25, -0.2) is 4.98 Å². The highest BCUT2D eigenvalue weighted by atomic mass is 16.5. The Balaban J connectivity index is 1.31. The molecule has 2 atom stereocenters. The summed E-state index contributed by atoms with van der Waals surface area (Å²) < 4.78 is 11.4. The first-order valence-corrected chi connectivity index (χ1v) is 11.8. The first kappa shape index (κ1) is 22.2. The second-order valence-electron chi connectivity index (χ2n) is 8.45. The molecule has 4 heterocycles. The van der Waals surface area contributed by atoms with Crippen LogP contribution in [0.5, 0.6) is 0 Å². The minimum atomic E-state index is -1.04. The van der Waals surface area contributed by atoms with Gasteiger partial charge in [0.2, 0.25) is 0 Å². The molecule has 0 radical (unpaired) electrons. The molecule has 2 aliphatic rings. The van der Waals surface area contributed by atoms with Gasteiger partial charge in [-0.2, -0.15) is 0 Å². The first-order chi connectivity index (χ1) is 17.8. The summed E-state index contributed by atoms with van der Waals surface area (Å²) in [7, 11) is 0. The van der Waals surface area contributed by atoms with Crippen molar-refractivity contribution in [3.05, 3.63) is 84.1 Å². The van der Waals surface area contributed by atoms with E-state index in [-0.39, 0.29) is 6.01 Å². The Morgan fingerprint density at radius 2 is 1.69 bits per heavy atom. The second kappa shape index (κ2) is 9.76. The molecule has 3 N–H and O–H groups in total. The minimum absolute atomic E-state index is 0.148. The van der Waals surface area contributed by atoms with E-state index in [1.807, 2.05) is 66.7 Å². The molecule has 10 nitrogen and oxygen atoms in total. The number of hydrogen-bond donors (Lipinski definition) is 3. The Kier molecular flexibility index (Phi) is 6.02. The lowest BCUT2D eigenvalue weighted by molar-refractivity contribution is 0.122. The number of hydrogen-bond acceptors (Lipinski definition) is 10. The number of pyridine rings is 1. The molecule has 0 amide bonds. The summed E-state index contributed by atoms with van der Waals surface area (Å²) >= 11 is 0. The summed E-state index contributed by atoms with van der Waals surface area (Å²) in [4.78, 5) is 11.6. The Morgan fingerprint density at radius 3 is 2.56 bits per heavy atom. The molecule has 1 fully saturated rings. The largest absolute Gasteiger partial charge is 0.403 e. The van der Waals surface area contributed by atoms with Crippen LogP contribution in [0.15, 0.2) is 82.3 Å². The van der Waals surface area contributed by atoms with Crippen molar-refractivity contribution in [1.82, 2.24) is 15.2 Å². The Hall–Kier alpha value is -4.28. The zero-order chi connectivity index (χ0) is 24.3. The number of morpholine rings is 1. The number of benzene rings is 2. The van der Waals surface area contributed by atoms with E-state index < -0.39 is 12.4 Å². The lowest BCUT2D eigenvalue weighted by Crippen LogP contribution is -2.37. The summed E-state index contributed by atoms with van der Waals surface area (Å²) in [5.41, 5.74) is 4.09. The SMILES string of the molecule is OC1Nc2ccccc2C(c2ccccc2)=NC1Nc1nnc(-c2cccnc2N2CCOCC2)o1. The number of para-hydroxylation sites is 1. The smallest absolute Gasteiger partial charge is 0.317 e. The maximum absolute atomic E-state index is 11.0. The van der Waals surface area contributed by atoms with E-state index in [0.717, 1.165) is 47.0 Å². The van der Waals surface area contributed by atoms with Gasteiger partial charge in [0.15, 0.2) is 12.4 Å².